The van der Waals surface area contributed by atoms with Gasteiger partial charge in [-0.15, -0.1) is 0 Å². The summed E-state index contributed by atoms with van der Waals surface area (Å²) >= 11 is 6.32. The van der Waals surface area contributed by atoms with Crippen LogP contribution in [0.2, 0.25) is 5.02 Å². The minimum atomic E-state index is -0.231. The molecule has 4 nitrogen and oxygen atoms in total. The molecule has 1 aliphatic carbocycles. The molecular formula is C25H24ClNO3. The molecule has 30 heavy (non-hydrogen) atoms. The van der Waals surface area contributed by atoms with Gasteiger partial charge in [-0.3, -0.25) is 14.5 Å². The van der Waals surface area contributed by atoms with Gasteiger partial charge in [-0.05, 0) is 55.2 Å². The minimum Gasteiger partial charge on any atom is -0.490 e. The topological polar surface area (TPSA) is 46.6 Å². The molecule has 1 aliphatic heterocycles. The Hall–Kier alpha value is -2.85. The Labute approximate surface area is 181 Å². The fourth-order valence-corrected chi connectivity index (χ4v) is 4.42. The number of carbonyl (C=O) groups excluding carboxylic acids is 2. The third-order valence-corrected chi connectivity index (χ3v) is 6.15. The molecule has 0 bridgehead atoms. The lowest BCUT2D eigenvalue weighted by molar-refractivity contribution is -0.119. The van der Waals surface area contributed by atoms with E-state index in [1.165, 1.54) is 0 Å². The van der Waals surface area contributed by atoms with Crippen molar-refractivity contribution in [3.8, 4) is 5.75 Å². The Morgan fingerprint density at radius 2 is 1.93 bits per heavy atom. The van der Waals surface area contributed by atoms with Gasteiger partial charge in [0.25, 0.3) is 0 Å². The van der Waals surface area contributed by atoms with Crippen LogP contribution in [0.1, 0.15) is 42.7 Å². The lowest BCUT2D eigenvalue weighted by Gasteiger charge is -2.38. The van der Waals surface area contributed by atoms with Gasteiger partial charge in [-0.25, -0.2) is 0 Å². The zero-order valence-electron chi connectivity index (χ0n) is 17.0. The zero-order valence-corrected chi connectivity index (χ0v) is 17.7. The summed E-state index contributed by atoms with van der Waals surface area (Å²) in [6, 6.07) is 13.3. The van der Waals surface area contributed by atoms with Crippen molar-refractivity contribution in [1.29, 1.82) is 0 Å². The van der Waals surface area contributed by atoms with Gasteiger partial charge in [0.1, 0.15) is 12.4 Å². The number of nitrogens with zero attached hydrogens (tertiary/aromatic N) is 1. The Kier molecular flexibility index (Phi) is 5.78. The smallest absolute Gasteiger partial charge is 0.232 e. The zero-order chi connectivity index (χ0) is 21.3. The Balaban J connectivity index is 1.75. The highest BCUT2D eigenvalue weighted by atomic mass is 35.5. The van der Waals surface area contributed by atoms with Gasteiger partial charge in [0.05, 0.1) is 5.69 Å². The number of Topliss-reactive ketones (excluding diaryl/α,β-unsaturated/α-hetero) is 1. The first-order valence-electron chi connectivity index (χ1n) is 10.2. The van der Waals surface area contributed by atoms with E-state index in [1.54, 1.807) is 11.0 Å². The van der Waals surface area contributed by atoms with Crippen molar-refractivity contribution in [2.45, 2.75) is 38.5 Å². The quantitative estimate of drug-likeness (QED) is 0.578. The number of ketones is 1. The lowest BCUT2D eigenvalue weighted by Crippen LogP contribution is -2.40. The fourth-order valence-electron chi connectivity index (χ4n) is 4.25. The second-order valence-electron chi connectivity index (χ2n) is 7.73. The molecule has 4 rings (SSSR count). The van der Waals surface area contributed by atoms with Crippen LogP contribution < -0.4 is 9.64 Å². The average molecular weight is 422 g/mol. The van der Waals surface area contributed by atoms with Crippen molar-refractivity contribution in [3.63, 3.8) is 0 Å². The third-order valence-electron chi connectivity index (χ3n) is 5.74. The van der Waals surface area contributed by atoms with E-state index in [9.17, 15) is 9.59 Å². The van der Waals surface area contributed by atoms with Crippen LogP contribution in [0.25, 0.3) is 0 Å². The number of benzene rings is 2. The van der Waals surface area contributed by atoms with E-state index in [2.05, 4.69) is 6.58 Å². The second-order valence-corrected chi connectivity index (χ2v) is 8.13. The lowest BCUT2D eigenvalue weighted by atomic mass is 9.77. The number of carbonyl (C=O) groups is 2. The molecular weight excluding hydrogens is 398 g/mol. The van der Waals surface area contributed by atoms with E-state index >= 15 is 0 Å². The third kappa shape index (κ3) is 3.80. The van der Waals surface area contributed by atoms with E-state index in [1.807, 2.05) is 49.4 Å². The van der Waals surface area contributed by atoms with Gasteiger partial charge >= 0.3 is 0 Å². The normalized spacial score (nSPS) is 19.0. The molecule has 0 N–H and O–H groups in total. The maximum Gasteiger partial charge on any atom is 0.232 e. The summed E-state index contributed by atoms with van der Waals surface area (Å²) in [6.07, 6.45) is 3.92. The van der Waals surface area contributed by atoms with Gasteiger partial charge in [0.2, 0.25) is 5.91 Å². The van der Waals surface area contributed by atoms with Crippen molar-refractivity contribution in [3.05, 3.63) is 82.5 Å². The Morgan fingerprint density at radius 1 is 1.17 bits per heavy atom. The molecule has 1 unspecified atom stereocenters. The van der Waals surface area contributed by atoms with Crippen LogP contribution in [0, 0.1) is 6.92 Å². The van der Waals surface area contributed by atoms with Gasteiger partial charge in [0, 0.05) is 35.1 Å². The molecule has 5 heteroatoms. The van der Waals surface area contributed by atoms with Crippen LogP contribution >= 0.6 is 11.6 Å². The second kappa shape index (κ2) is 8.49. The van der Waals surface area contributed by atoms with Gasteiger partial charge in [0.15, 0.2) is 5.78 Å². The maximum absolute atomic E-state index is 13.2. The molecule has 1 atom stereocenters. The number of aryl methyl sites for hydroxylation is 1. The summed E-state index contributed by atoms with van der Waals surface area (Å²) in [4.78, 5) is 27.9. The monoisotopic (exact) mass is 421 g/mol. The van der Waals surface area contributed by atoms with Crippen molar-refractivity contribution >= 4 is 29.0 Å². The number of allylic oxidation sites excluding steroid dienone is 2. The summed E-state index contributed by atoms with van der Waals surface area (Å²) in [5, 5.41) is 0.613. The van der Waals surface area contributed by atoms with Crippen LogP contribution in [-0.4, -0.2) is 18.3 Å². The number of ether oxygens (including phenoxy) is 1. The summed E-state index contributed by atoms with van der Waals surface area (Å²) in [7, 11) is 0. The first kappa shape index (κ1) is 20.4. The Bertz CT molecular complexity index is 1040. The molecule has 0 radical (unpaired) electrons. The fraction of sp³-hybridized carbons (Fsp3) is 0.280. The summed E-state index contributed by atoms with van der Waals surface area (Å²) in [6.45, 7) is 6.01. The van der Waals surface area contributed by atoms with Crippen molar-refractivity contribution in [2.75, 3.05) is 11.5 Å². The van der Waals surface area contributed by atoms with E-state index in [4.69, 9.17) is 16.3 Å². The molecule has 0 saturated heterocycles. The van der Waals surface area contributed by atoms with Crippen LogP contribution in [0.5, 0.6) is 5.75 Å². The predicted molar refractivity (Wildman–Crippen MR) is 119 cm³/mol. The first-order chi connectivity index (χ1) is 14.5. The van der Waals surface area contributed by atoms with Crippen LogP contribution in [-0.2, 0) is 9.59 Å². The van der Waals surface area contributed by atoms with Crippen LogP contribution in [0.4, 0.5) is 5.69 Å². The average Bonchev–Trinajstić information content (AvgIpc) is 2.74. The number of hydrogen-bond acceptors (Lipinski definition) is 3. The highest BCUT2D eigenvalue weighted by Crippen LogP contribution is 2.44. The number of halogens is 1. The number of anilines is 1. The molecule has 154 valence electrons. The maximum atomic E-state index is 13.2. The van der Waals surface area contributed by atoms with E-state index in [0.717, 1.165) is 40.3 Å². The van der Waals surface area contributed by atoms with E-state index in [-0.39, 0.29) is 24.0 Å². The van der Waals surface area contributed by atoms with Crippen LogP contribution in [0.3, 0.4) is 0 Å². The highest BCUT2D eigenvalue weighted by molar-refractivity contribution is 6.31. The highest BCUT2D eigenvalue weighted by Gasteiger charge is 2.39. The Morgan fingerprint density at radius 3 is 2.63 bits per heavy atom. The molecule has 0 spiro atoms. The molecule has 0 aromatic heterocycles. The van der Waals surface area contributed by atoms with Crippen molar-refractivity contribution in [2.24, 2.45) is 0 Å². The standard InChI is InChI=1S/C25H24ClNO3/c1-3-13-30-19-11-8-17(9-12-19)20-15-24(29)27(18-10-7-16(2)21(26)14-18)22-5-4-6-23(28)25(20)22/h3,7-12,14,20H,1,4-6,13,15H2,2H3. The van der Waals surface area contributed by atoms with Crippen molar-refractivity contribution < 1.29 is 14.3 Å². The van der Waals surface area contributed by atoms with Gasteiger partial charge < -0.3 is 4.74 Å². The van der Waals surface area contributed by atoms with Crippen molar-refractivity contribution in [1.82, 2.24) is 0 Å². The molecule has 0 fully saturated rings. The SMILES string of the molecule is C=CCOc1ccc(C2CC(=O)N(c3ccc(C)c(Cl)c3)C3=C2C(=O)CCC3)cc1. The van der Waals surface area contributed by atoms with E-state index < -0.39 is 0 Å². The summed E-state index contributed by atoms with van der Waals surface area (Å²) in [5.74, 6) is 0.621. The molecule has 0 saturated carbocycles. The molecule has 2 aliphatic rings. The minimum absolute atomic E-state index is 0.0136. The molecule has 2 aromatic rings. The number of rotatable bonds is 5. The number of amides is 1. The molecule has 1 amide bonds. The first-order valence-corrected chi connectivity index (χ1v) is 10.6. The van der Waals surface area contributed by atoms with Gasteiger partial charge in [-0.2, -0.15) is 0 Å². The number of hydrogen-bond donors (Lipinski definition) is 0. The van der Waals surface area contributed by atoms with Crippen LogP contribution in [0.15, 0.2) is 66.4 Å². The summed E-state index contributed by atoms with van der Waals surface area (Å²) in [5.41, 5.74) is 4.22. The van der Waals surface area contributed by atoms with Gasteiger partial charge in [-0.1, -0.05) is 42.5 Å². The predicted octanol–water partition coefficient (Wildman–Crippen LogP) is 5.74. The molecule has 1 heterocycles. The largest absolute Gasteiger partial charge is 0.490 e. The van der Waals surface area contributed by atoms with E-state index in [0.29, 0.717) is 24.5 Å². The summed E-state index contributed by atoms with van der Waals surface area (Å²) < 4.78 is 5.56. The molecule has 2 aromatic carbocycles.